The number of ether oxygens (including phenoxy) is 2. The number of hydrogen-bond acceptors (Lipinski definition) is 18. The van der Waals surface area contributed by atoms with Crippen LogP contribution in [0.3, 0.4) is 0 Å². The summed E-state index contributed by atoms with van der Waals surface area (Å²) >= 11 is 0. The average molecular weight is 944 g/mol. The zero-order valence-electron chi connectivity index (χ0n) is 37.0. The largest absolute Gasteiger partial charge is 1.00 e. The van der Waals surface area contributed by atoms with Crippen LogP contribution in [-0.2, 0) is 19.2 Å². The summed E-state index contributed by atoms with van der Waals surface area (Å²) in [6.45, 7) is -1.81. The number of fused-ring (bicyclic) bond motifs is 6. The van der Waals surface area contributed by atoms with Gasteiger partial charge in [-0.1, -0.05) is 36.6 Å². The number of carboxylic acids is 2. The maximum atomic E-state index is 12.1. The minimum Gasteiger partial charge on any atom is -0.669 e. The van der Waals surface area contributed by atoms with Crippen LogP contribution in [0.15, 0.2) is 24.3 Å². The van der Waals surface area contributed by atoms with Gasteiger partial charge in [0.05, 0.1) is 24.6 Å². The van der Waals surface area contributed by atoms with Crippen LogP contribution in [0, 0.1) is 0 Å². The molecule has 8 rings (SSSR count). The van der Waals surface area contributed by atoms with Crippen molar-refractivity contribution in [2.24, 2.45) is 22.9 Å². The molecule has 16 N–H and O–H groups in total. The molecular formula is C38H52B2N8Na2O16. The van der Waals surface area contributed by atoms with E-state index in [4.69, 9.17) is 41.7 Å². The van der Waals surface area contributed by atoms with Crippen LogP contribution < -0.4 is 111 Å². The van der Waals surface area contributed by atoms with Crippen molar-refractivity contribution in [2.45, 2.75) is 73.4 Å². The topological polar surface area (TPSA) is 395 Å². The standard InChI is InChI=1S/2C19H26BN4O8.2Na/c2*1-19(22,18(28)23-5-14(21)25)8-24-6-9(7-24)31-13-3-2-10-11-4-12(11)20(29,30)32-16(10)15(13)17(26)27;;/h2*2-3,9,11-12,29-30H,4-8,22H2,1H3,(H2,21,25)(H,23,28)(H,26,27);;/q2*-1;2*+1/t2*11?,12?,19-;;/m11../s1. The Morgan fingerprint density at radius 2 is 1.00 bits per heavy atom. The molecule has 2 aromatic carbocycles. The molecule has 2 aromatic rings. The van der Waals surface area contributed by atoms with Gasteiger partial charge in [0.15, 0.2) is 0 Å². The van der Waals surface area contributed by atoms with Gasteiger partial charge in [0.1, 0.15) is 45.9 Å². The molecular weight excluding hydrogens is 892 g/mol. The molecule has 24 nitrogen and oxygen atoms in total. The van der Waals surface area contributed by atoms with Crippen LogP contribution in [0.1, 0.15) is 70.4 Å². The van der Waals surface area contributed by atoms with Crippen molar-refractivity contribution in [1.82, 2.24) is 20.4 Å². The predicted octanol–water partition coefficient (Wildman–Crippen LogP) is -10.1. The quantitative estimate of drug-likeness (QED) is 0.0695. The van der Waals surface area contributed by atoms with Gasteiger partial charge in [0.25, 0.3) is 0 Å². The van der Waals surface area contributed by atoms with Crippen molar-refractivity contribution < 1.29 is 137 Å². The number of nitrogens with one attached hydrogen (secondary N) is 2. The van der Waals surface area contributed by atoms with E-state index in [1.165, 1.54) is 13.8 Å². The first-order valence-corrected chi connectivity index (χ1v) is 20.6. The van der Waals surface area contributed by atoms with Gasteiger partial charge in [-0.2, -0.15) is 0 Å². The third-order valence-electron chi connectivity index (χ3n) is 12.3. The maximum Gasteiger partial charge on any atom is 1.00 e. The molecule has 0 radical (unpaired) electrons. The fourth-order valence-electron chi connectivity index (χ4n) is 8.85. The van der Waals surface area contributed by atoms with Gasteiger partial charge in [0.2, 0.25) is 23.6 Å². The Labute approximate surface area is 421 Å². The van der Waals surface area contributed by atoms with E-state index in [0.29, 0.717) is 50.1 Å². The van der Waals surface area contributed by atoms with E-state index in [0.717, 1.165) is 0 Å². The van der Waals surface area contributed by atoms with E-state index < -0.39 is 71.8 Å². The number of amides is 4. The molecule has 2 saturated carbocycles. The van der Waals surface area contributed by atoms with Gasteiger partial charge in [-0.25, -0.2) is 9.59 Å². The molecule has 0 spiro atoms. The summed E-state index contributed by atoms with van der Waals surface area (Å²) in [5.74, 6) is -6.04. The minimum atomic E-state index is -3.11. The number of nitrogens with zero attached hydrogens (tertiary/aromatic N) is 2. The van der Waals surface area contributed by atoms with Crippen molar-refractivity contribution in [2.75, 3.05) is 52.4 Å². The Morgan fingerprint density at radius 3 is 1.30 bits per heavy atom. The first-order chi connectivity index (χ1) is 29.8. The predicted molar refractivity (Wildman–Crippen MR) is 222 cm³/mol. The second kappa shape index (κ2) is 19.7. The zero-order valence-corrected chi connectivity index (χ0v) is 41.0. The summed E-state index contributed by atoms with van der Waals surface area (Å²) in [5, 5.41) is 64.6. The van der Waals surface area contributed by atoms with E-state index in [1.807, 2.05) is 9.80 Å². The fraction of sp³-hybridized carbons (Fsp3) is 0.526. The molecule has 2 saturated heterocycles. The summed E-state index contributed by atoms with van der Waals surface area (Å²) < 4.78 is 22.3. The smallest absolute Gasteiger partial charge is 0.669 e. The van der Waals surface area contributed by atoms with E-state index in [9.17, 15) is 59.1 Å². The molecule has 6 aliphatic rings. The number of carbonyl (C=O) groups excluding carboxylic acids is 4. The van der Waals surface area contributed by atoms with E-state index in [-0.39, 0.29) is 143 Å². The van der Waals surface area contributed by atoms with Crippen molar-refractivity contribution >= 4 is 49.1 Å². The molecule has 4 aliphatic heterocycles. The van der Waals surface area contributed by atoms with Gasteiger partial charge in [-0.05, 0) is 48.9 Å². The van der Waals surface area contributed by atoms with Gasteiger partial charge < -0.3 is 82.7 Å². The van der Waals surface area contributed by atoms with E-state index in [2.05, 4.69) is 10.6 Å². The Morgan fingerprint density at radius 1 is 0.667 bits per heavy atom. The molecule has 4 heterocycles. The number of primary amides is 2. The molecule has 348 valence electrons. The van der Waals surface area contributed by atoms with Crippen LogP contribution in [0.2, 0.25) is 11.6 Å². The summed E-state index contributed by atoms with van der Waals surface area (Å²) in [6.07, 6.45) is 0.349. The third kappa shape index (κ3) is 11.4. The van der Waals surface area contributed by atoms with Gasteiger partial charge >= 0.3 is 84.6 Å². The number of hydrogen-bond donors (Lipinski definition) is 12. The number of carboxylic acid groups (broad SMARTS) is 2. The number of carbonyl (C=O) groups is 6. The summed E-state index contributed by atoms with van der Waals surface area (Å²) in [6, 6.07) is 6.51. The van der Waals surface area contributed by atoms with Crippen LogP contribution in [0.4, 0.5) is 0 Å². The molecule has 2 aliphatic carbocycles. The maximum absolute atomic E-state index is 12.1. The zero-order chi connectivity index (χ0) is 46.8. The molecule has 4 fully saturated rings. The first-order valence-electron chi connectivity index (χ1n) is 20.6. The average Bonchev–Trinajstić information content (AvgIpc) is 4.08. The van der Waals surface area contributed by atoms with Crippen LogP contribution >= 0.6 is 0 Å². The summed E-state index contributed by atoms with van der Waals surface area (Å²) in [7, 11) is 0. The van der Waals surface area contributed by atoms with Gasteiger partial charge in [0, 0.05) is 39.3 Å². The Balaban J connectivity index is 0.000000240. The summed E-state index contributed by atoms with van der Waals surface area (Å²) in [4.78, 5) is 73.5. The van der Waals surface area contributed by atoms with Crippen molar-refractivity contribution in [3.63, 3.8) is 0 Å². The number of rotatable bonds is 16. The van der Waals surface area contributed by atoms with Crippen molar-refractivity contribution in [3.05, 3.63) is 46.5 Å². The Kier molecular flexibility index (Phi) is 15.9. The normalized spacial score (nSPS) is 24.5. The monoisotopic (exact) mass is 944 g/mol. The first kappa shape index (κ1) is 53.2. The van der Waals surface area contributed by atoms with Crippen LogP contribution in [0.25, 0.3) is 0 Å². The minimum absolute atomic E-state index is 0. The number of nitrogens with two attached hydrogens (primary N) is 4. The third-order valence-corrected chi connectivity index (χ3v) is 12.3. The molecule has 4 unspecified atom stereocenters. The van der Waals surface area contributed by atoms with Crippen molar-refractivity contribution in [1.29, 1.82) is 0 Å². The van der Waals surface area contributed by atoms with E-state index >= 15 is 0 Å². The number of benzene rings is 2. The summed E-state index contributed by atoms with van der Waals surface area (Å²) in [5.41, 5.74) is 20.4. The van der Waals surface area contributed by atoms with Crippen LogP contribution in [0.5, 0.6) is 23.0 Å². The van der Waals surface area contributed by atoms with Gasteiger partial charge in [-0.3, -0.25) is 29.0 Å². The van der Waals surface area contributed by atoms with Crippen LogP contribution in [-0.4, -0.2) is 165 Å². The molecule has 28 heteroatoms. The molecule has 66 heavy (non-hydrogen) atoms. The van der Waals surface area contributed by atoms with E-state index in [1.54, 1.807) is 24.3 Å². The Bertz CT molecular complexity index is 2130. The molecule has 4 amide bonds. The fourth-order valence-corrected chi connectivity index (χ4v) is 8.85. The molecule has 0 aromatic heterocycles. The number of aromatic carboxylic acids is 2. The van der Waals surface area contributed by atoms with Crippen molar-refractivity contribution in [3.8, 4) is 23.0 Å². The molecule has 0 bridgehead atoms. The Hall–Kier alpha value is -3.73. The number of likely N-dealkylation sites (tertiary alicyclic amines) is 2. The second-order valence-corrected chi connectivity index (χ2v) is 18.1. The van der Waals surface area contributed by atoms with Gasteiger partial charge in [-0.15, -0.1) is 0 Å². The SMILES string of the molecule is C[C@@](N)(CN1CC(Oc2ccc3c(c2C(=O)O)O[B-](O)(O)C2CC32)C1)C(=O)NCC(N)=O.C[C@@](N)(CN1CC(Oc2ccc3c(c2C(=O)O)O[B-](O)(O)C2CC32)C1)C(=O)NCC(N)=O.[Na+].[Na+]. The second-order valence-electron chi connectivity index (χ2n) is 18.1. The molecule has 6 atom stereocenters.